The third-order valence-electron chi connectivity index (χ3n) is 5.78. The number of ether oxygens (including phenoxy) is 4. The third kappa shape index (κ3) is 4.12. The zero-order chi connectivity index (χ0) is 26.3. The lowest BCUT2D eigenvalue weighted by molar-refractivity contribution is -0.277. The van der Waals surface area contributed by atoms with Crippen molar-refractivity contribution in [3.63, 3.8) is 0 Å². The molecule has 2 heterocycles. The molecule has 4 rings (SSSR count). The van der Waals surface area contributed by atoms with Crippen molar-refractivity contribution in [1.82, 2.24) is 0 Å². The van der Waals surface area contributed by atoms with Gasteiger partial charge in [-0.2, -0.15) is 0 Å². The first-order valence-corrected chi connectivity index (χ1v) is 10.6. The van der Waals surface area contributed by atoms with Crippen LogP contribution in [0.25, 0.3) is 22.3 Å². The summed E-state index contributed by atoms with van der Waals surface area (Å²) in [4.78, 5) is 13.3. The number of phenolic OH excluding ortho intramolecular Hbond substituents is 3. The second kappa shape index (κ2) is 9.72. The lowest BCUT2D eigenvalue weighted by atomic mass is 9.99. The van der Waals surface area contributed by atoms with Gasteiger partial charge in [0.25, 0.3) is 0 Å². The number of benzene rings is 2. The summed E-state index contributed by atoms with van der Waals surface area (Å²) < 4.78 is 27.1. The molecule has 0 aliphatic carbocycles. The van der Waals surface area contributed by atoms with Gasteiger partial charge in [0.15, 0.2) is 28.8 Å². The predicted molar refractivity (Wildman–Crippen MR) is 120 cm³/mol. The van der Waals surface area contributed by atoms with Gasteiger partial charge in [-0.15, -0.1) is 0 Å². The fourth-order valence-corrected chi connectivity index (χ4v) is 3.86. The highest BCUT2D eigenvalue weighted by Crippen LogP contribution is 2.45. The number of rotatable bonds is 6. The van der Waals surface area contributed by atoms with E-state index in [-0.39, 0.29) is 33.8 Å². The number of aliphatic hydroxyl groups is 4. The van der Waals surface area contributed by atoms with Crippen LogP contribution in [0.15, 0.2) is 33.5 Å². The van der Waals surface area contributed by atoms with Crippen LogP contribution in [0.3, 0.4) is 0 Å². The largest absolute Gasteiger partial charge is 0.504 e. The van der Waals surface area contributed by atoms with Crippen molar-refractivity contribution < 1.29 is 59.1 Å². The van der Waals surface area contributed by atoms with Gasteiger partial charge in [0.2, 0.25) is 23.2 Å². The molecule has 1 saturated heterocycles. The Morgan fingerprint density at radius 1 is 0.917 bits per heavy atom. The van der Waals surface area contributed by atoms with Crippen LogP contribution < -0.4 is 19.6 Å². The van der Waals surface area contributed by atoms with Crippen LogP contribution in [-0.4, -0.2) is 87.3 Å². The van der Waals surface area contributed by atoms with Crippen molar-refractivity contribution >= 4 is 11.0 Å². The van der Waals surface area contributed by atoms with Gasteiger partial charge in [-0.3, -0.25) is 4.79 Å². The van der Waals surface area contributed by atoms with Crippen molar-refractivity contribution in [2.45, 2.75) is 30.7 Å². The summed E-state index contributed by atoms with van der Waals surface area (Å²) in [7, 11) is 2.41. The Labute approximate surface area is 202 Å². The quantitative estimate of drug-likeness (QED) is 0.215. The topological polar surface area (TPSA) is 209 Å². The summed E-state index contributed by atoms with van der Waals surface area (Å²) in [5.74, 6) is -2.71. The van der Waals surface area contributed by atoms with E-state index in [0.717, 1.165) is 6.07 Å². The lowest BCUT2D eigenvalue weighted by Gasteiger charge is -2.39. The number of methoxy groups -OCH3 is 2. The van der Waals surface area contributed by atoms with E-state index in [0.29, 0.717) is 0 Å². The number of aliphatic hydroxyl groups excluding tert-OH is 4. The zero-order valence-electron chi connectivity index (χ0n) is 19.0. The van der Waals surface area contributed by atoms with E-state index in [2.05, 4.69) is 0 Å². The van der Waals surface area contributed by atoms with Crippen LogP contribution in [0.5, 0.6) is 34.5 Å². The molecule has 0 bridgehead atoms. The lowest BCUT2D eigenvalue weighted by Crippen LogP contribution is -2.60. The fraction of sp³-hybridized carbons (Fsp3) is 0.348. The maximum atomic E-state index is 13.3. The maximum Gasteiger partial charge on any atom is 0.239 e. The van der Waals surface area contributed by atoms with Gasteiger partial charge in [-0.1, -0.05) is 0 Å². The summed E-state index contributed by atoms with van der Waals surface area (Å²) >= 11 is 0. The number of aromatic hydroxyl groups is 3. The molecule has 1 aromatic heterocycles. The number of fused-ring (bicyclic) bond motifs is 1. The minimum Gasteiger partial charge on any atom is -0.504 e. The summed E-state index contributed by atoms with van der Waals surface area (Å²) in [5, 5.41) is 69.7. The van der Waals surface area contributed by atoms with Gasteiger partial charge in [0.05, 0.1) is 20.8 Å². The summed E-state index contributed by atoms with van der Waals surface area (Å²) in [6.45, 7) is -0.706. The van der Waals surface area contributed by atoms with Gasteiger partial charge < -0.3 is 59.1 Å². The first-order valence-electron chi connectivity index (χ1n) is 10.6. The van der Waals surface area contributed by atoms with Crippen molar-refractivity contribution in [2.24, 2.45) is 0 Å². The number of phenols is 3. The van der Waals surface area contributed by atoms with Gasteiger partial charge >= 0.3 is 0 Å². The van der Waals surface area contributed by atoms with E-state index in [1.54, 1.807) is 0 Å². The summed E-state index contributed by atoms with van der Waals surface area (Å²) in [5.41, 5.74) is -0.819. The molecular formula is C23H24O13. The van der Waals surface area contributed by atoms with Gasteiger partial charge in [-0.25, -0.2) is 0 Å². The van der Waals surface area contributed by atoms with E-state index in [4.69, 9.17) is 23.4 Å². The molecule has 0 amide bonds. The molecule has 1 aliphatic rings. The average Bonchev–Trinajstić information content (AvgIpc) is 2.86. The summed E-state index contributed by atoms with van der Waals surface area (Å²) in [6, 6.07) is 4.91. The van der Waals surface area contributed by atoms with Crippen LogP contribution in [-0.2, 0) is 4.74 Å². The Hall–Kier alpha value is -3.75. The van der Waals surface area contributed by atoms with E-state index < -0.39 is 65.7 Å². The zero-order valence-corrected chi connectivity index (χ0v) is 19.0. The van der Waals surface area contributed by atoms with Crippen molar-refractivity contribution in [3.8, 4) is 45.8 Å². The minimum absolute atomic E-state index is 0.116. The average molecular weight is 508 g/mol. The van der Waals surface area contributed by atoms with Crippen LogP contribution in [0, 0.1) is 0 Å². The van der Waals surface area contributed by atoms with Gasteiger partial charge in [0, 0.05) is 11.6 Å². The maximum absolute atomic E-state index is 13.3. The van der Waals surface area contributed by atoms with E-state index in [1.165, 1.54) is 32.4 Å². The third-order valence-corrected chi connectivity index (χ3v) is 5.78. The molecule has 7 N–H and O–H groups in total. The van der Waals surface area contributed by atoms with Crippen LogP contribution in [0.1, 0.15) is 0 Å². The highest BCUT2D eigenvalue weighted by atomic mass is 16.7. The first-order chi connectivity index (χ1) is 17.1. The van der Waals surface area contributed by atoms with E-state index >= 15 is 0 Å². The van der Waals surface area contributed by atoms with Crippen molar-refractivity contribution in [3.05, 3.63) is 34.5 Å². The molecule has 13 nitrogen and oxygen atoms in total. The minimum atomic E-state index is -1.79. The number of hydrogen-bond donors (Lipinski definition) is 7. The second-order valence-electron chi connectivity index (χ2n) is 7.94. The highest BCUT2D eigenvalue weighted by Gasteiger charge is 2.45. The molecule has 3 aromatic rings. The SMILES string of the molecule is COc1cc2oc(-c3ccc(O)c(O)c3)c(OC)c(=O)c2c(O)c1O[C@@H]1O[C@H](CO)[C@@H](O)[C@H](O)[C@@H]1O. The monoisotopic (exact) mass is 508 g/mol. The smallest absolute Gasteiger partial charge is 0.239 e. The molecule has 0 radical (unpaired) electrons. The predicted octanol–water partition coefficient (Wildman–Crippen LogP) is -0.227. The standard InChI is InChI=1S/C23H24O13/c1-32-12-6-11-14(16(28)21(12)36-23-19(31)18(30)15(27)13(7-24)35-23)17(29)22(33-2)20(34-11)8-3-4-9(25)10(26)5-8/h3-6,13,15,18-19,23-28,30-31H,7H2,1-2H3/t13-,15-,18+,19+,23+/m1/s1. The molecule has 0 unspecified atom stereocenters. The fourth-order valence-electron chi connectivity index (χ4n) is 3.86. The van der Waals surface area contributed by atoms with Crippen molar-refractivity contribution in [2.75, 3.05) is 20.8 Å². The van der Waals surface area contributed by atoms with Gasteiger partial charge in [0.1, 0.15) is 35.4 Å². The molecule has 0 saturated carbocycles. The van der Waals surface area contributed by atoms with Crippen LogP contribution in [0.4, 0.5) is 0 Å². The molecule has 1 aliphatic heterocycles. The van der Waals surface area contributed by atoms with Crippen molar-refractivity contribution in [1.29, 1.82) is 0 Å². The molecule has 13 heteroatoms. The Kier molecular flexibility index (Phi) is 6.84. The normalized spacial score (nSPS) is 24.0. The Balaban J connectivity index is 1.86. The van der Waals surface area contributed by atoms with Gasteiger partial charge in [-0.05, 0) is 18.2 Å². The molecule has 1 fully saturated rings. The highest BCUT2D eigenvalue weighted by molar-refractivity contribution is 5.91. The Bertz CT molecular complexity index is 1330. The van der Waals surface area contributed by atoms with Crippen LogP contribution >= 0.6 is 0 Å². The molecule has 194 valence electrons. The number of hydrogen-bond acceptors (Lipinski definition) is 13. The van der Waals surface area contributed by atoms with E-state index in [9.17, 15) is 40.5 Å². The van der Waals surface area contributed by atoms with E-state index in [1.807, 2.05) is 0 Å². The van der Waals surface area contributed by atoms with Crippen LogP contribution in [0.2, 0.25) is 0 Å². The molecular weight excluding hydrogens is 484 g/mol. The molecule has 36 heavy (non-hydrogen) atoms. The first kappa shape index (κ1) is 25.3. The molecule has 2 aromatic carbocycles. The summed E-state index contributed by atoms with van der Waals surface area (Å²) in [6.07, 6.45) is -8.13. The second-order valence-corrected chi connectivity index (χ2v) is 7.94. The Morgan fingerprint density at radius 3 is 2.25 bits per heavy atom. The molecule has 0 spiro atoms. The Morgan fingerprint density at radius 2 is 1.64 bits per heavy atom. The molecule has 5 atom stereocenters.